The van der Waals surface area contributed by atoms with Gasteiger partial charge in [-0.15, -0.1) is 24.0 Å². The van der Waals surface area contributed by atoms with E-state index in [0.29, 0.717) is 26.3 Å². The Morgan fingerprint density at radius 2 is 1.78 bits per heavy atom. The molecule has 2 N–H and O–H groups in total. The quantitative estimate of drug-likeness (QED) is 0.175. The molecule has 0 saturated carbocycles. The van der Waals surface area contributed by atoms with Crippen molar-refractivity contribution < 1.29 is 9.47 Å². The minimum Gasteiger partial charge on any atom is -0.491 e. The molecule has 172 valence electrons. The van der Waals surface area contributed by atoms with Gasteiger partial charge in [-0.1, -0.05) is 36.4 Å². The number of aliphatic imine (C=N–C) groups is 1. The van der Waals surface area contributed by atoms with Gasteiger partial charge in [0.15, 0.2) is 5.96 Å². The van der Waals surface area contributed by atoms with Crippen LogP contribution in [0.1, 0.15) is 22.3 Å². The number of benzene rings is 2. The molecule has 0 aliphatic carbocycles. The maximum Gasteiger partial charge on any atom is 0.191 e. The highest BCUT2D eigenvalue weighted by Gasteiger charge is 2.06. The maximum atomic E-state index is 5.87. The molecule has 8 heteroatoms. The molecule has 0 aliphatic rings. The van der Waals surface area contributed by atoms with Gasteiger partial charge in [0.1, 0.15) is 12.4 Å². The summed E-state index contributed by atoms with van der Waals surface area (Å²) in [5.41, 5.74) is 4.67. The van der Waals surface area contributed by atoms with Crippen molar-refractivity contribution in [3.05, 3.63) is 83.4 Å². The topological polar surface area (TPSA) is 72.7 Å². The highest BCUT2D eigenvalue weighted by Crippen LogP contribution is 2.20. The molecule has 32 heavy (non-hydrogen) atoms. The Balaban J connectivity index is 0.00000363. The van der Waals surface area contributed by atoms with Crippen LogP contribution in [0.4, 0.5) is 0 Å². The largest absolute Gasteiger partial charge is 0.491 e. The number of aryl methyl sites for hydroxylation is 1. The van der Waals surface area contributed by atoms with E-state index in [1.54, 1.807) is 20.4 Å². The van der Waals surface area contributed by atoms with Crippen molar-refractivity contribution >= 4 is 29.9 Å². The summed E-state index contributed by atoms with van der Waals surface area (Å²) in [5, 5.41) is 6.73. The Labute approximate surface area is 207 Å². The standard InChI is InChI=1S/C24H31N5O2.HI/c1-19-4-9-22(23(14-19)31-13-12-30-3)16-28-24(25-2)27-15-20-5-7-21(8-6-20)17-29-11-10-26-18-29;/h4-11,14,18H,12-13,15-17H2,1-3H3,(H2,25,27,28);1H. The van der Waals surface area contributed by atoms with Gasteiger partial charge < -0.3 is 24.7 Å². The van der Waals surface area contributed by atoms with Crippen LogP contribution in [0.3, 0.4) is 0 Å². The summed E-state index contributed by atoms with van der Waals surface area (Å²) in [6.45, 7) is 5.27. The molecule has 3 aromatic rings. The van der Waals surface area contributed by atoms with Crippen molar-refractivity contribution in [2.24, 2.45) is 4.99 Å². The predicted octanol–water partition coefficient (Wildman–Crippen LogP) is 3.75. The lowest BCUT2D eigenvalue weighted by atomic mass is 10.1. The number of rotatable bonds is 10. The van der Waals surface area contributed by atoms with E-state index < -0.39 is 0 Å². The third kappa shape index (κ3) is 8.16. The Kier molecular flexibility index (Phi) is 11.0. The lowest BCUT2D eigenvalue weighted by Crippen LogP contribution is -2.36. The monoisotopic (exact) mass is 549 g/mol. The number of guanidine groups is 1. The number of imidazole rings is 1. The molecule has 0 atom stereocenters. The molecule has 0 saturated heterocycles. The summed E-state index contributed by atoms with van der Waals surface area (Å²) >= 11 is 0. The number of nitrogens with one attached hydrogen (secondary N) is 2. The van der Waals surface area contributed by atoms with Crippen LogP contribution in [0.15, 0.2) is 66.2 Å². The van der Waals surface area contributed by atoms with Gasteiger partial charge in [0.25, 0.3) is 0 Å². The Morgan fingerprint density at radius 3 is 2.47 bits per heavy atom. The van der Waals surface area contributed by atoms with Crippen LogP contribution in [0.2, 0.25) is 0 Å². The fourth-order valence-electron chi connectivity index (χ4n) is 3.12. The predicted molar refractivity (Wildman–Crippen MR) is 139 cm³/mol. The van der Waals surface area contributed by atoms with Crippen molar-refractivity contribution in [1.82, 2.24) is 20.2 Å². The van der Waals surface area contributed by atoms with E-state index in [1.165, 1.54) is 11.1 Å². The van der Waals surface area contributed by atoms with Crippen molar-refractivity contribution in [2.75, 3.05) is 27.4 Å². The molecule has 2 aromatic carbocycles. The normalized spacial score (nSPS) is 11.0. The first-order valence-electron chi connectivity index (χ1n) is 10.4. The van der Waals surface area contributed by atoms with Crippen molar-refractivity contribution in [1.29, 1.82) is 0 Å². The molecule has 1 aromatic heterocycles. The summed E-state index contributed by atoms with van der Waals surface area (Å²) in [6.07, 6.45) is 5.59. The van der Waals surface area contributed by atoms with E-state index in [9.17, 15) is 0 Å². The first kappa shape index (κ1) is 25.7. The molecule has 0 aliphatic heterocycles. The first-order chi connectivity index (χ1) is 15.2. The SMILES string of the molecule is CN=C(NCc1ccc(Cn2ccnc2)cc1)NCc1ccc(C)cc1OCCOC.I. The number of ether oxygens (including phenoxy) is 2. The number of halogens is 1. The molecule has 0 unspecified atom stereocenters. The average Bonchev–Trinajstić information content (AvgIpc) is 3.29. The Morgan fingerprint density at radius 1 is 1.03 bits per heavy atom. The number of methoxy groups -OCH3 is 1. The minimum atomic E-state index is 0. The fraction of sp³-hybridized carbons (Fsp3) is 0.333. The lowest BCUT2D eigenvalue weighted by Gasteiger charge is -2.15. The van der Waals surface area contributed by atoms with Gasteiger partial charge in [-0.2, -0.15) is 0 Å². The Bertz CT molecular complexity index is 959. The van der Waals surface area contributed by atoms with Crippen molar-refractivity contribution in [2.45, 2.75) is 26.6 Å². The molecule has 3 rings (SSSR count). The van der Waals surface area contributed by atoms with Crippen LogP contribution in [0.25, 0.3) is 0 Å². The second-order valence-electron chi connectivity index (χ2n) is 7.28. The van der Waals surface area contributed by atoms with Gasteiger partial charge in [-0.05, 0) is 29.7 Å². The smallest absolute Gasteiger partial charge is 0.191 e. The van der Waals surface area contributed by atoms with E-state index in [2.05, 4.69) is 68.5 Å². The molecule has 0 fully saturated rings. The van der Waals surface area contributed by atoms with Crippen molar-refractivity contribution in [3.8, 4) is 5.75 Å². The van der Waals surface area contributed by atoms with Gasteiger partial charge in [-0.3, -0.25) is 4.99 Å². The molecular weight excluding hydrogens is 517 g/mol. The van der Waals surface area contributed by atoms with Gasteiger partial charge >= 0.3 is 0 Å². The number of aromatic nitrogens is 2. The van der Waals surface area contributed by atoms with Crippen LogP contribution in [-0.2, 0) is 24.4 Å². The number of nitrogens with zero attached hydrogens (tertiary/aromatic N) is 3. The fourth-order valence-corrected chi connectivity index (χ4v) is 3.12. The Hall–Kier alpha value is -2.59. The maximum absolute atomic E-state index is 5.87. The van der Waals surface area contributed by atoms with Gasteiger partial charge in [-0.25, -0.2) is 4.98 Å². The average molecular weight is 549 g/mol. The highest BCUT2D eigenvalue weighted by molar-refractivity contribution is 14.0. The third-order valence-corrected chi connectivity index (χ3v) is 4.84. The second-order valence-corrected chi connectivity index (χ2v) is 7.28. The van der Waals surface area contributed by atoms with Crippen molar-refractivity contribution in [3.63, 3.8) is 0 Å². The molecule has 0 amide bonds. The zero-order chi connectivity index (χ0) is 21.9. The third-order valence-electron chi connectivity index (χ3n) is 4.84. The number of hydrogen-bond donors (Lipinski definition) is 2. The second kappa shape index (κ2) is 13.7. The van der Waals surface area contributed by atoms with Gasteiger partial charge in [0, 0.05) is 51.7 Å². The van der Waals surface area contributed by atoms with E-state index in [-0.39, 0.29) is 24.0 Å². The molecular formula is C24H32IN5O2. The van der Waals surface area contributed by atoms with E-state index in [1.807, 2.05) is 18.6 Å². The zero-order valence-corrected chi connectivity index (χ0v) is 21.2. The lowest BCUT2D eigenvalue weighted by molar-refractivity contribution is 0.145. The van der Waals surface area contributed by atoms with Gasteiger partial charge in [0.05, 0.1) is 12.9 Å². The summed E-state index contributed by atoms with van der Waals surface area (Å²) in [6, 6.07) is 14.8. The van der Waals surface area contributed by atoms with Crippen LogP contribution in [-0.4, -0.2) is 42.9 Å². The van der Waals surface area contributed by atoms with Gasteiger partial charge in [0.2, 0.25) is 0 Å². The first-order valence-corrected chi connectivity index (χ1v) is 10.4. The van der Waals surface area contributed by atoms with E-state index in [0.717, 1.165) is 29.4 Å². The highest BCUT2D eigenvalue weighted by atomic mass is 127. The van der Waals surface area contributed by atoms with E-state index >= 15 is 0 Å². The number of hydrogen-bond acceptors (Lipinski definition) is 4. The molecule has 1 heterocycles. The van der Waals surface area contributed by atoms with Crippen LogP contribution in [0, 0.1) is 6.92 Å². The van der Waals surface area contributed by atoms with Crippen LogP contribution in [0.5, 0.6) is 5.75 Å². The van der Waals surface area contributed by atoms with Crippen LogP contribution < -0.4 is 15.4 Å². The molecule has 0 spiro atoms. The molecule has 0 bridgehead atoms. The van der Waals surface area contributed by atoms with Crippen LogP contribution >= 0.6 is 24.0 Å². The summed E-state index contributed by atoms with van der Waals surface area (Å²) in [5.74, 6) is 1.61. The minimum absolute atomic E-state index is 0. The van der Waals surface area contributed by atoms with E-state index in [4.69, 9.17) is 9.47 Å². The molecule has 7 nitrogen and oxygen atoms in total. The summed E-state index contributed by atoms with van der Waals surface area (Å²) in [4.78, 5) is 8.41. The summed E-state index contributed by atoms with van der Waals surface area (Å²) in [7, 11) is 3.44. The zero-order valence-electron chi connectivity index (χ0n) is 18.9. The summed E-state index contributed by atoms with van der Waals surface area (Å²) < 4.78 is 13.0. The molecule has 0 radical (unpaired) electrons.